The number of para-hydroxylation sites is 1. The molecule has 3 rings (SSSR count). The Morgan fingerprint density at radius 3 is 2.74 bits per heavy atom. The summed E-state index contributed by atoms with van der Waals surface area (Å²) in [5, 5.41) is 3.65. The molecule has 2 fully saturated rings. The summed E-state index contributed by atoms with van der Waals surface area (Å²) in [5.74, 6) is 0.743. The first-order valence-corrected chi connectivity index (χ1v) is 7.83. The molecule has 0 radical (unpaired) electrons. The minimum Gasteiger partial charge on any atom is -0.368 e. The fourth-order valence-electron chi connectivity index (χ4n) is 3.27. The van der Waals surface area contributed by atoms with Crippen LogP contribution in [-0.2, 0) is 6.54 Å². The Kier molecular flexibility index (Phi) is 3.79. The van der Waals surface area contributed by atoms with Gasteiger partial charge < -0.3 is 10.2 Å². The predicted octanol–water partition coefficient (Wildman–Crippen LogP) is 3.56. The summed E-state index contributed by atoms with van der Waals surface area (Å²) in [7, 11) is 0. The van der Waals surface area contributed by atoms with Gasteiger partial charge in [-0.1, -0.05) is 32.0 Å². The Morgan fingerprint density at radius 1 is 1.21 bits per heavy atom. The van der Waals surface area contributed by atoms with Crippen LogP contribution in [0.4, 0.5) is 5.69 Å². The van der Waals surface area contributed by atoms with Crippen LogP contribution in [0, 0.1) is 5.92 Å². The third-order valence-corrected chi connectivity index (χ3v) is 4.53. The maximum absolute atomic E-state index is 3.65. The zero-order valence-electron chi connectivity index (χ0n) is 12.2. The lowest BCUT2D eigenvalue weighted by molar-refractivity contribution is 0.491. The zero-order valence-corrected chi connectivity index (χ0v) is 12.2. The number of nitrogens with one attached hydrogen (secondary N) is 1. The Bertz CT molecular complexity index is 423. The summed E-state index contributed by atoms with van der Waals surface area (Å²) in [5.41, 5.74) is 2.94. The fourth-order valence-corrected chi connectivity index (χ4v) is 3.27. The SMILES string of the molecule is CC(C)C1CCCN1c1ccccc1CNC1CC1. The third-order valence-electron chi connectivity index (χ3n) is 4.53. The van der Waals surface area contributed by atoms with Crippen molar-refractivity contribution in [1.82, 2.24) is 5.32 Å². The molecule has 19 heavy (non-hydrogen) atoms. The van der Waals surface area contributed by atoms with Gasteiger partial charge in [0.1, 0.15) is 0 Å². The molecular formula is C17H26N2. The average molecular weight is 258 g/mol. The molecule has 1 N–H and O–H groups in total. The lowest BCUT2D eigenvalue weighted by Gasteiger charge is -2.31. The second-order valence-electron chi connectivity index (χ2n) is 6.43. The topological polar surface area (TPSA) is 15.3 Å². The number of nitrogens with zero attached hydrogens (tertiary/aromatic N) is 1. The van der Waals surface area contributed by atoms with Gasteiger partial charge in [0.25, 0.3) is 0 Å². The fraction of sp³-hybridized carbons (Fsp3) is 0.647. The van der Waals surface area contributed by atoms with E-state index in [2.05, 4.69) is 48.3 Å². The van der Waals surface area contributed by atoms with Crippen molar-refractivity contribution in [3.05, 3.63) is 29.8 Å². The second kappa shape index (κ2) is 5.54. The molecule has 0 amide bonds. The van der Waals surface area contributed by atoms with Crippen LogP contribution in [0.3, 0.4) is 0 Å². The van der Waals surface area contributed by atoms with E-state index in [1.807, 2.05) is 0 Å². The molecule has 1 atom stereocenters. The number of rotatable bonds is 5. The van der Waals surface area contributed by atoms with Gasteiger partial charge in [0.05, 0.1) is 0 Å². The molecule has 0 bridgehead atoms. The molecular weight excluding hydrogens is 232 g/mol. The Hall–Kier alpha value is -1.02. The molecule has 2 nitrogen and oxygen atoms in total. The maximum Gasteiger partial charge on any atom is 0.0414 e. The van der Waals surface area contributed by atoms with Crippen LogP contribution in [0.15, 0.2) is 24.3 Å². The van der Waals surface area contributed by atoms with Crippen molar-refractivity contribution in [2.75, 3.05) is 11.4 Å². The molecule has 1 aliphatic heterocycles. The van der Waals surface area contributed by atoms with Crippen LogP contribution in [0.1, 0.15) is 45.1 Å². The van der Waals surface area contributed by atoms with E-state index in [1.165, 1.54) is 43.5 Å². The van der Waals surface area contributed by atoms with Crippen molar-refractivity contribution in [2.45, 2.75) is 58.2 Å². The Balaban J connectivity index is 1.78. The summed E-state index contributed by atoms with van der Waals surface area (Å²) in [4.78, 5) is 2.65. The van der Waals surface area contributed by atoms with E-state index in [-0.39, 0.29) is 0 Å². The standard InChI is InChI=1S/C17H26N2/c1-13(2)16-8-5-11-19(16)17-7-4-3-6-14(17)12-18-15-9-10-15/h3-4,6-7,13,15-16,18H,5,8-12H2,1-2H3. The molecule has 1 unspecified atom stereocenters. The highest BCUT2D eigenvalue weighted by Crippen LogP contribution is 2.32. The summed E-state index contributed by atoms with van der Waals surface area (Å²) in [6, 6.07) is 10.5. The molecule has 104 valence electrons. The number of benzene rings is 1. The highest BCUT2D eigenvalue weighted by molar-refractivity contribution is 5.55. The van der Waals surface area contributed by atoms with Gasteiger partial charge in [-0.2, -0.15) is 0 Å². The monoisotopic (exact) mass is 258 g/mol. The van der Waals surface area contributed by atoms with Gasteiger partial charge in [0, 0.05) is 30.9 Å². The van der Waals surface area contributed by atoms with Crippen LogP contribution in [-0.4, -0.2) is 18.6 Å². The van der Waals surface area contributed by atoms with Gasteiger partial charge >= 0.3 is 0 Å². The summed E-state index contributed by atoms with van der Waals surface area (Å²) >= 11 is 0. The first kappa shape index (κ1) is 13.0. The van der Waals surface area contributed by atoms with Crippen LogP contribution < -0.4 is 10.2 Å². The molecule has 2 heteroatoms. The van der Waals surface area contributed by atoms with Gasteiger partial charge in [-0.3, -0.25) is 0 Å². The van der Waals surface area contributed by atoms with Gasteiger partial charge in [-0.15, -0.1) is 0 Å². The summed E-state index contributed by atoms with van der Waals surface area (Å²) in [6.45, 7) is 6.97. The molecule has 0 aromatic heterocycles. The normalized spacial score (nSPS) is 23.3. The quantitative estimate of drug-likeness (QED) is 0.868. The van der Waals surface area contributed by atoms with Crippen molar-refractivity contribution in [3.63, 3.8) is 0 Å². The van der Waals surface area contributed by atoms with E-state index in [1.54, 1.807) is 0 Å². The Morgan fingerprint density at radius 2 is 2.00 bits per heavy atom. The average Bonchev–Trinajstić information content (AvgIpc) is 3.11. The molecule has 1 saturated heterocycles. The molecule has 1 saturated carbocycles. The summed E-state index contributed by atoms with van der Waals surface area (Å²) in [6.07, 6.45) is 5.41. The smallest absolute Gasteiger partial charge is 0.0414 e. The molecule has 1 aromatic rings. The van der Waals surface area contributed by atoms with E-state index >= 15 is 0 Å². The summed E-state index contributed by atoms with van der Waals surface area (Å²) < 4.78 is 0. The minimum absolute atomic E-state index is 0.724. The molecule has 1 heterocycles. The molecule has 1 aromatic carbocycles. The predicted molar refractivity (Wildman–Crippen MR) is 81.5 cm³/mol. The van der Waals surface area contributed by atoms with Gasteiger partial charge in [0.15, 0.2) is 0 Å². The zero-order chi connectivity index (χ0) is 13.2. The molecule has 2 aliphatic rings. The van der Waals surface area contributed by atoms with Crippen molar-refractivity contribution in [2.24, 2.45) is 5.92 Å². The highest BCUT2D eigenvalue weighted by Gasteiger charge is 2.28. The van der Waals surface area contributed by atoms with Crippen LogP contribution in [0.5, 0.6) is 0 Å². The third kappa shape index (κ3) is 2.94. The lowest BCUT2D eigenvalue weighted by Crippen LogP contribution is -2.34. The first-order valence-electron chi connectivity index (χ1n) is 7.83. The molecule has 1 aliphatic carbocycles. The van der Waals surface area contributed by atoms with E-state index in [0.29, 0.717) is 0 Å². The number of hydrogen-bond acceptors (Lipinski definition) is 2. The van der Waals surface area contributed by atoms with Crippen molar-refractivity contribution in [1.29, 1.82) is 0 Å². The molecule has 0 spiro atoms. The number of anilines is 1. The second-order valence-corrected chi connectivity index (χ2v) is 6.43. The number of hydrogen-bond donors (Lipinski definition) is 1. The first-order chi connectivity index (χ1) is 9.25. The lowest BCUT2D eigenvalue weighted by atomic mass is 10.0. The van der Waals surface area contributed by atoms with E-state index in [4.69, 9.17) is 0 Å². The van der Waals surface area contributed by atoms with Crippen molar-refractivity contribution >= 4 is 5.69 Å². The Labute approximate surface area is 117 Å². The van der Waals surface area contributed by atoms with E-state index < -0.39 is 0 Å². The van der Waals surface area contributed by atoms with Crippen molar-refractivity contribution < 1.29 is 0 Å². The van der Waals surface area contributed by atoms with Gasteiger partial charge in [-0.25, -0.2) is 0 Å². The largest absolute Gasteiger partial charge is 0.368 e. The van der Waals surface area contributed by atoms with Crippen molar-refractivity contribution in [3.8, 4) is 0 Å². The van der Waals surface area contributed by atoms with Crippen LogP contribution in [0.2, 0.25) is 0 Å². The van der Waals surface area contributed by atoms with Crippen LogP contribution >= 0.6 is 0 Å². The highest BCUT2D eigenvalue weighted by atomic mass is 15.2. The maximum atomic E-state index is 3.65. The van der Waals surface area contributed by atoms with E-state index in [9.17, 15) is 0 Å². The van der Waals surface area contributed by atoms with Gasteiger partial charge in [-0.05, 0) is 43.2 Å². The minimum atomic E-state index is 0.724. The van der Waals surface area contributed by atoms with Crippen LogP contribution in [0.25, 0.3) is 0 Å². The van der Waals surface area contributed by atoms with Gasteiger partial charge in [0.2, 0.25) is 0 Å². The van der Waals surface area contributed by atoms with E-state index in [0.717, 1.165) is 24.5 Å².